The summed E-state index contributed by atoms with van der Waals surface area (Å²) in [4.78, 5) is 28.5. The van der Waals surface area contributed by atoms with Crippen molar-refractivity contribution in [3.63, 3.8) is 0 Å². The van der Waals surface area contributed by atoms with Gasteiger partial charge in [0.15, 0.2) is 0 Å². The van der Waals surface area contributed by atoms with Gasteiger partial charge in [-0.05, 0) is 42.7 Å². The zero-order valence-electron chi connectivity index (χ0n) is 20.7. The predicted molar refractivity (Wildman–Crippen MR) is 144 cm³/mol. The average Bonchev–Trinajstić information content (AvgIpc) is 2.87. The number of hydrogen-bond donors (Lipinski definition) is 1. The molecular formula is C29H34N2O3S. The zero-order chi connectivity index (χ0) is 25.0. The number of thioether (sulfide) groups is 1. The van der Waals surface area contributed by atoms with E-state index in [0.29, 0.717) is 31.0 Å². The Balaban J connectivity index is 1.80. The maximum atomic E-state index is 13.6. The molecule has 0 fully saturated rings. The zero-order valence-corrected chi connectivity index (χ0v) is 21.5. The second-order valence-electron chi connectivity index (χ2n) is 8.45. The summed E-state index contributed by atoms with van der Waals surface area (Å²) in [6, 6.07) is 25.2. The fourth-order valence-corrected chi connectivity index (χ4v) is 4.78. The van der Waals surface area contributed by atoms with Crippen LogP contribution < -0.4 is 10.1 Å². The molecule has 0 aromatic heterocycles. The number of carbonyl (C=O) groups excluding carboxylic acids is 2. The molecule has 184 valence electrons. The number of benzene rings is 3. The van der Waals surface area contributed by atoms with E-state index in [1.165, 1.54) is 0 Å². The van der Waals surface area contributed by atoms with E-state index in [0.717, 1.165) is 28.0 Å². The van der Waals surface area contributed by atoms with Gasteiger partial charge in [-0.15, -0.1) is 11.8 Å². The van der Waals surface area contributed by atoms with Gasteiger partial charge >= 0.3 is 0 Å². The largest absolute Gasteiger partial charge is 0.497 e. The lowest BCUT2D eigenvalue weighted by Crippen LogP contribution is -2.51. The highest BCUT2D eigenvalue weighted by Crippen LogP contribution is 2.20. The normalized spacial score (nSPS) is 11.5. The first kappa shape index (κ1) is 26.4. The van der Waals surface area contributed by atoms with Crippen molar-refractivity contribution in [1.29, 1.82) is 0 Å². The minimum absolute atomic E-state index is 0.0443. The maximum absolute atomic E-state index is 13.6. The van der Waals surface area contributed by atoms with Crippen LogP contribution in [0.25, 0.3) is 0 Å². The van der Waals surface area contributed by atoms with Gasteiger partial charge in [0.05, 0.1) is 12.9 Å². The van der Waals surface area contributed by atoms with Crippen LogP contribution in [0.2, 0.25) is 0 Å². The summed E-state index contributed by atoms with van der Waals surface area (Å²) in [5.74, 6) is 1.64. The van der Waals surface area contributed by atoms with Crippen molar-refractivity contribution < 1.29 is 14.3 Å². The molecule has 35 heavy (non-hydrogen) atoms. The standard InChI is InChI=1S/C29H34N2O3S/c1-4-30-29(33)27(18-23-10-6-5-7-11-23)31(19-25-12-8-9-22(2)17-25)28(32)21-35-20-24-13-15-26(34-3)16-14-24/h5-17,27H,4,18-21H2,1-3H3,(H,30,33). The van der Waals surface area contributed by atoms with Crippen LogP contribution in [0.4, 0.5) is 0 Å². The molecule has 2 amide bonds. The molecule has 0 saturated carbocycles. The molecule has 5 nitrogen and oxygen atoms in total. The van der Waals surface area contributed by atoms with Gasteiger partial charge in [0.2, 0.25) is 11.8 Å². The minimum Gasteiger partial charge on any atom is -0.497 e. The Hall–Kier alpha value is -3.25. The van der Waals surface area contributed by atoms with Gasteiger partial charge in [-0.3, -0.25) is 9.59 Å². The lowest BCUT2D eigenvalue weighted by atomic mass is 10.0. The van der Waals surface area contributed by atoms with Crippen LogP contribution in [0.5, 0.6) is 5.75 Å². The molecule has 0 radical (unpaired) electrons. The Morgan fingerprint density at radius 3 is 2.31 bits per heavy atom. The van der Waals surface area contributed by atoms with Gasteiger partial charge in [-0.1, -0.05) is 72.3 Å². The SMILES string of the molecule is CCNC(=O)C(Cc1ccccc1)N(Cc1cccc(C)c1)C(=O)CSCc1ccc(OC)cc1. The van der Waals surface area contributed by atoms with E-state index in [9.17, 15) is 9.59 Å². The molecule has 3 rings (SSSR count). The number of nitrogens with one attached hydrogen (secondary N) is 1. The first-order valence-electron chi connectivity index (χ1n) is 11.9. The van der Waals surface area contributed by atoms with Crippen molar-refractivity contribution in [3.05, 3.63) is 101 Å². The Labute approximate surface area is 212 Å². The average molecular weight is 491 g/mol. The molecule has 1 N–H and O–H groups in total. The number of methoxy groups -OCH3 is 1. The quantitative estimate of drug-likeness (QED) is 0.388. The van der Waals surface area contributed by atoms with Gasteiger partial charge in [0.1, 0.15) is 11.8 Å². The molecular weight excluding hydrogens is 456 g/mol. The maximum Gasteiger partial charge on any atom is 0.243 e. The van der Waals surface area contributed by atoms with Crippen LogP contribution in [-0.2, 0) is 28.3 Å². The van der Waals surface area contributed by atoms with E-state index in [1.807, 2.05) is 86.6 Å². The number of aryl methyl sites for hydroxylation is 1. The van der Waals surface area contributed by atoms with E-state index < -0.39 is 6.04 Å². The molecule has 0 aliphatic heterocycles. The highest BCUT2D eigenvalue weighted by atomic mass is 32.2. The summed E-state index contributed by atoms with van der Waals surface area (Å²) in [7, 11) is 1.64. The van der Waals surface area contributed by atoms with Gasteiger partial charge < -0.3 is 15.0 Å². The molecule has 3 aromatic rings. The van der Waals surface area contributed by atoms with Crippen LogP contribution in [0.15, 0.2) is 78.9 Å². The number of likely N-dealkylation sites (N-methyl/N-ethyl adjacent to an activating group) is 1. The van der Waals surface area contributed by atoms with Crippen LogP contribution in [0, 0.1) is 6.92 Å². The molecule has 0 bridgehead atoms. The molecule has 1 unspecified atom stereocenters. The molecule has 0 spiro atoms. The van der Waals surface area contributed by atoms with E-state index in [4.69, 9.17) is 4.74 Å². The van der Waals surface area contributed by atoms with E-state index in [2.05, 4.69) is 11.4 Å². The third kappa shape index (κ3) is 8.18. The smallest absolute Gasteiger partial charge is 0.243 e. The van der Waals surface area contributed by atoms with Gasteiger partial charge in [0.25, 0.3) is 0 Å². The minimum atomic E-state index is -0.591. The second kappa shape index (κ2) is 13.6. The molecule has 0 saturated heterocycles. The number of hydrogen-bond acceptors (Lipinski definition) is 4. The fourth-order valence-electron chi connectivity index (χ4n) is 3.91. The predicted octanol–water partition coefficient (Wildman–Crippen LogP) is 5.01. The monoisotopic (exact) mass is 490 g/mol. The summed E-state index contributed by atoms with van der Waals surface area (Å²) in [6.07, 6.45) is 0.466. The summed E-state index contributed by atoms with van der Waals surface area (Å²) in [6.45, 7) is 4.83. The lowest BCUT2D eigenvalue weighted by Gasteiger charge is -2.31. The number of carbonyl (C=O) groups is 2. The topological polar surface area (TPSA) is 58.6 Å². The number of ether oxygens (including phenoxy) is 1. The Morgan fingerprint density at radius 2 is 1.66 bits per heavy atom. The Kier molecular flexibility index (Phi) is 10.2. The van der Waals surface area contributed by atoms with E-state index in [1.54, 1.807) is 23.8 Å². The van der Waals surface area contributed by atoms with Crippen molar-refractivity contribution in [2.75, 3.05) is 19.4 Å². The molecule has 0 aliphatic rings. The second-order valence-corrected chi connectivity index (χ2v) is 9.44. The molecule has 6 heteroatoms. The van der Waals surface area contributed by atoms with Crippen molar-refractivity contribution in [2.45, 2.75) is 38.6 Å². The van der Waals surface area contributed by atoms with Gasteiger partial charge in [-0.2, -0.15) is 0 Å². The number of amides is 2. The fraction of sp³-hybridized carbons (Fsp3) is 0.310. The van der Waals surface area contributed by atoms with Crippen molar-refractivity contribution in [3.8, 4) is 5.75 Å². The third-order valence-corrected chi connectivity index (χ3v) is 6.70. The Morgan fingerprint density at radius 1 is 0.943 bits per heavy atom. The molecule has 0 aliphatic carbocycles. The molecule has 0 heterocycles. The van der Waals surface area contributed by atoms with Crippen molar-refractivity contribution in [2.24, 2.45) is 0 Å². The first-order valence-corrected chi connectivity index (χ1v) is 13.0. The third-order valence-electron chi connectivity index (χ3n) is 5.71. The van der Waals surface area contributed by atoms with Crippen molar-refractivity contribution in [1.82, 2.24) is 10.2 Å². The van der Waals surface area contributed by atoms with Crippen LogP contribution in [0.3, 0.4) is 0 Å². The van der Waals surface area contributed by atoms with Crippen LogP contribution in [-0.4, -0.2) is 42.2 Å². The highest BCUT2D eigenvalue weighted by Gasteiger charge is 2.30. The number of nitrogens with zero attached hydrogens (tertiary/aromatic N) is 1. The summed E-state index contributed by atoms with van der Waals surface area (Å²) >= 11 is 1.55. The first-order chi connectivity index (χ1) is 17.0. The van der Waals surface area contributed by atoms with Crippen molar-refractivity contribution >= 4 is 23.6 Å². The van der Waals surface area contributed by atoms with Gasteiger partial charge in [0, 0.05) is 25.3 Å². The number of rotatable bonds is 12. The summed E-state index contributed by atoms with van der Waals surface area (Å²) in [5, 5.41) is 2.94. The Bertz CT molecular complexity index is 1090. The highest BCUT2D eigenvalue weighted by molar-refractivity contribution is 7.99. The molecule has 1 atom stereocenters. The lowest BCUT2D eigenvalue weighted by molar-refractivity contribution is -0.139. The van der Waals surface area contributed by atoms with Crippen LogP contribution >= 0.6 is 11.8 Å². The van der Waals surface area contributed by atoms with E-state index in [-0.39, 0.29) is 11.8 Å². The summed E-state index contributed by atoms with van der Waals surface area (Å²) < 4.78 is 5.22. The van der Waals surface area contributed by atoms with Gasteiger partial charge in [-0.25, -0.2) is 0 Å². The molecule has 3 aromatic carbocycles. The van der Waals surface area contributed by atoms with E-state index >= 15 is 0 Å². The summed E-state index contributed by atoms with van der Waals surface area (Å²) in [5.41, 5.74) is 4.29. The van der Waals surface area contributed by atoms with Crippen LogP contribution in [0.1, 0.15) is 29.2 Å².